The Morgan fingerprint density at radius 2 is 1.83 bits per heavy atom. The van der Waals surface area contributed by atoms with Gasteiger partial charge in [-0.3, -0.25) is 0 Å². The van der Waals surface area contributed by atoms with E-state index in [4.69, 9.17) is 28.6 Å². The van der Waals surface area contributed by atoms with Crippen LogP contribution in [0.2, 0.25) is 5.02 Å². The number of anilines is 2. The van der Waals surface area contributed by atoms with Crippen molar-refractivity contribution in [3.63, 3.8) is 0 Å². The molecule has 1 heterocycles. The minimum atomic E-state index is -3.56. The molecule has 2 N–H and O–H groups in total. The molecule has 156 valence electrons. The Morgan fingerprint density at radius 3 is 2.48 bits per heavy atom. The highest BCUT2D eigenvalue weighted by atomic mass is 35.5. The topological polar surface area (TPSA) is 70.7 Å². The summed E-state index contributed by atoms with van der Waals surface area (Å²) in [5, 5.41) is 7.01. The van der Waals surface area contributed by atoms with E-state index in [1.807, 2.05) is 19.1 Å². The normalized spacial score (nSPS) is 15.0. The number of rotatable bonds is 5. The summed E-state index contributed by atoms with van der Waals surface area (Å²) in [6, 6.07) is 10.3. The summed E-state index contributed by atoms with van der Waals surface area (Å²) in [4.78, 5) is 0.212. The highest BCUT2D eigenvalue weighted by molar-refractivity contribution is 7.89. The first-order chi connectivity index (χ1) is 13.8. The Labute approximate surface area is 182 Å². The molecule has 0 spiro atoms. The smallest absolute Gasteiger partial charge is 0.243 e. The number of piperidine rings is 1. The lowest BCUT2D eigenvalue weighted by atomic mass is 10.2. The number of aryl methyl sites for hydroxylation is 1. The average Bonchev–Trinajstić information content (AvgIpc) is 2.71. The van der Waals surface area contributed by atoms with Crippen molar-refractivity contribution in [1.82, 2.24) is 4.31 Å². The number of halogens is 1. The SMILES string of the molecule is COc1ccc(S(=O)(=O)N2CCCCC2)cc1NC(=S)Nc1ccc(C)c(Cl)c1. The van der Waals surface area contributed by atoms with Gasteiger partial charge in [-0.05, 0) is 67.9 Å². The van der Waals surface area contributed by atoms with Gasteiger partial charge in [0.25, 0.3) is 0 Å². The third-order valence-electron chi connectivity index (χ3n) is 4.80. The van der Waals surface area contributed by atoms with Crippen molar-refractivity contribution >= 4 is 50.3 Å². The molecule has 1 saturated heterocycles. The molecular weight excluding hydrogens is 430 g/mol. The highest BCUT2D eigenvalue weighted by Crippen LogP contribution is 2.30. The largest absolute Gasteiger partial charge is 0.495 e. The van der Waals surface area contributed by atoms with Crippen molar-refractivity contribution in [2.45, 2.75) is 31.1 Å². The van der Waals surface area contributed by atoms with Crippen molar-refractivity contribution in [2.75, 3.05) is 30.8 Å². The molecule has 2 aromatic carbocycles. The molecule has 1 aliphatic rings. The number of ether oxygens (including phenoxy) is 1. The fourth-order valence-corrected chi connectivity index (χ4v) is 5.11. The number of hydrogen-bond acceptors (Lipinski definition) is 4. The molecule has 2 aromatic rings. The zero-order valence-corrected chi connectivity index (χ0v) is 18.8. The first-order valence-corrected chi connectivity index (χ1v) is 11.6. The van der Waals surface area contributed by atoms with E-state index in [1.54, 1.807) is 24.3 Å². The fourth-order valence-electron chi connectivity index (χ4n) is 3.15. The van der Waals surface area contributed by atoms with Gasteiger partial charge < -0.3 is 15.4 Å². The van der Waals surface area contributed by atoms with Gasteiger partial charge in [0.1, 0.15) is 5.75 Å². The summed E-state index contributed by atoms with van der Waals surface area (Å²) in [5.41, 5.74) is 2.17. The van der Waals surface area contributed by atoms with Crippen LogP contribution in [-0.4, -0.2) is 38.0 Å². The second kappa shape index (κ2) is 9.30. The molecule has 0 saturated carbocycles. The predicted molar refractivity (Wildman–Crippen MR) is 122 cm³/mol. The van der Waals surface area contributed by atoms with E-state index in [-0.39, 0.29) is 4.90 Å². The third-order valence-corrected chi connectivity index (χ3v) is 7.31. The van der Waals surface area contributed by atoms with Gasteiger partial charge in [0.05, 0.1) is 17.7 Å². The van der Waals surface area contributed by atoms with Crippen LogP contribution in [0, 0.1) is 6.92 Å². The van der Waals surface area contributed by atoms with Crippen LogP contribution in [0.1, 0.15) is 24.8 Å². The molecule has 6 nitrogen and oxygen atoms in total. The number of nitrogens with zero attached hydrogens (tertiary/aromatic N) is 1. The van der Waals surface area contributed by atoms with Crippen LogP contribution in [0.3, 0.4) is 0 Å². The Kier molecular flexibility index (Phi) is 7.00. The maximum absolute atomic E-state index is 13.0. The van der Waals surface area contributed by atoms with E-state index in [0.717, 1.165) is 30.5 Å². The van der Waals surface area contributed by atoms with Gasteiger partial charge in [0, 0.05) is 23.8 Å². The summed E-state index contributed by atoms with van der Waals surface area (Å²) >= 11 is 11.5. The number of sulfonamides is 1. The standard InChI is InChI=1S/C20H24ClN3O3S2/c1-14-6-7-15(12-17(14)21)22-20(28)23-18-13-16(8-9-19(18)27-2)29(25,26)24-10-4-3-5-11-24/h6-9,12-13H,3-5,10-11H2,1-2H3,(H2,22,23,28). The van der Waals surface area contributed by atoms with Crippen LogP contribution in [0.15, 0.2) is 41.3 Å². The maximum atomic E-state index is 13.0. The van der Waals surface area contributed by atoms with Gasteiger partial charge in [0.2, 0.25) is 10.0 Å². The molecule has 1 fully saturated rings. The molecule has 0 unspecified atom stereocenters. The average molecular weight is 454 g/mol. The van der Waals surface area contributed by atoms with E-state index in [9.17, 15) is 8.42 Å². The van der Waals surface area contributed by atoms with E-state index in [1.165, 1.54) is 11.4 Å². The minimum Gasteiger partial charge on any atom is -0.495 e. The van der Waals surface area contributed by atoms with E-state index in [2.05, 4.69) is 10.6 Å². The lowest BCUT2D eigenvalue weighted by Gasteiger charge is -2.26. The van der Waals surface area contributed by atoms with Gasteiger partial charge in [-0.25, -0.2) is 8.42 Å². The molecular formula is C20H24ClN3O3S2. The molecule has 29 heavy (non-hydrogen) atoms. The molecule has 0 aliphatic carbocycles. The molecule has 0 amide bonds. The zero-order chi connectivity index (χ0) is 21.0. The second-order valence-electron chi connectivity index (χ2n) is 6.87. The summed E-state index contributed by atoms with van der Waals surface area (Å²) in [6.07, 6.45) is 2.83. The summed E-state index contributed by atoms with van der Waals surface area (Å²) in [6.45, 7) is 3.01. The minimum absolute atomic E-state index is 0.212. The van der Waals surface area contributed by atoms with Crippen molar-refractivity contribution < 1.29 is 13.2 Å². The highest BCUT2D eigenvalue weighted by Gasteiger charge is 2.26. The van der Waals surface area contributed by atoms with Crippen LogP contribution >= 0.6 is 23.8 Å². The lowest BCUT2D eigenvalue weighted by molar-refractivity contribution is 0.346. The molecule has 0 radical (unpaired) electrons. The van der Waals surface area contributed by atoms with Crippen molar-refractivity contribution in [1.29, 1.82) is 0 Å². The molecule has 1 aliphatic heterocycles. The van der Waals surface area contributed by atoms with Crippen molar-refractivity contribution in [3.8, 4) is 5.75 Å². The monoisotopic (exact) mass is 453 g/mol. The van der Waals surface area contributed by atoms with Crippen molar-refractivity contribution in [3.05, 3.63) is 47.0 Å². The quantitative estimate of drug-likeness (QED) is 0.642. The van der Waals surface area contributed by atoms with Gasteiger partial charge in [-0.1, -0.05) is 24.1 Å². The van der Waals surface area contributed by atoms with Gasteiger partial charge in [-0.15, -0.1) is 0 Å². The Hall–Kier alpha value is -1.87. The Bertz CT molecular complexity index is 1010. The molecule has 0 bridgehead atoms. The van der Waals surface area contributed by atoms with Gasteiger partial charge in [0.15, 0.2) is 5.11 Å². The Morgan fingerprint density at radius 1 is 1.10 bits per heavy atom. The Balaban J connectivity index is 1.81. The van der Waals surface area contributed by atoms with E-state index in [0.29, 0.717) is 34.7 Å². The first kappa shape index (κ1) is 21.8. The van der Waals surface area contributed by atoms with Crippen LogP contribution in [0.4, 0.5) is 11.4 Å². The number of nitrogens with one attached hydrogen (secondary N) is 2. The number of methoxy groups -OCH3 is 1. The molecule has 0 aromatic heterocycles. The van der Waals surface area contributed by atoms with Crippen LogP contribution in [0.5, 0.6) is 5.75 Å². The fraction of sp³-hybridized carbons (Fsp3) is 0.350. The first-order valence-electron chi connectivity index (χ1n) is 9.33. The van der Waals surface area contributed by atoms with Crippen molar-refractivity contribution in [2.24, 2.45) is 0 Å². The third kappa shape index (κ3) is 5.19. The van der Waals surface area contributed by atoms with Crippen LogP contribution in [0.25, 0.3) is 0 Å². The predicted octanol–water partition coefficient (Wildman–Crippen LogP) is 4.64. The number of benzene rings is 2. The number of hydrogen-bond donors (Lipinski definition) is 2. The van der Waals surface area contributed by atoms with Crippen LogP contribution in [-0.2, 0) is 10.0 Å². The summed E-state index contributed by atoms with van der Waals surface area (Å²) in [5.74, 6) is 0.494. The second-order valence-corrected chi connectivity index (χ2v) is 9.62. The number of thiocarbonyl (C=S) groups is 1. The summed E-state index contributed by atoms with van der Waals surface area (Å²) < 4.78 is 32.9. The van der Waals surface area contributed by atoms with Gasteiger partial charge in [-0.2, -0.15) is 4.31 Å². The molecule has 3 rings (SSSR count). The maximum Gasteiger partial charge on any atom is 0.243 e. The van der Waals surface area contributed by atoms with Gasteiger partial charge >= 0.3 is 0 Å². The molecule has 9 heteroatoms. The van der Waals surface area contributed by atoms with Crippen LogP contribution < -0.4 is 15.4 Å². The lowest BCUT2D eigenvalue weighted by Crippen LogP contribution is -2.35. The summed E-state index contributed by atoms with van der Waals surface area (Å²) in [7, 11) is -2.03. The zero-order valence-electron chi connectivity index (χ0n) is 16.4. The molecule has 0 atom stereocenters. The van der Waals surface area contributed by atoms with E-state index >= 15 is 0 Å². The van der Waals surface area contributed by atoms with E-state index < -0.39 is 10.0 Å².